The summed E-state index contributed by atoms with van der Waals surface area (Å²) in [6, 6.07) is 25.0. The Bertz CT molecular complexity index is 976. The van der Waals surface area contributed by atoms with Gasteiger partial charge in [0.2, 0.25) is 0 Å². The van der Waals surface area contributed by atoms with Crippen LogP contribution in [-0.2, 0) is 22.3 Å². The van der Waals surface area contributed by atoms with Crippen LogP contribution in [-0.4, -0.2) is 5.34 Å². The zero-order valence-corrected chi connectivity index (χ0v) is 20.7. The van der Waals surface area contributed by atoms with E-state index in [4.69, 9.17) is 13.8 Å². The molecule has 0 aliphatic rings. The smallest absolute Gasteiger partial charge is 0.146 e. The minimum atomic E-state index is -0.346. The molecule has 3 nitrogen and oxygen atoms in total. The number of ether oxygens (including phenoxy) is 1. The number of benzene rings is 3. The van der Waals surface area contributed by atoms with Gasteiger partial charge in [0.1, 0.15) is 11.1 Å². The Morgan fingerprint density at radius 3 is 2.03 bits per heavy atom. The molecule has 3 unspecified atom stereocenters. The molecular formula is C26H32O3P2. The molecule has 0 amide bonds. The van der Waals surface area contributed by atoms with E-state index < -0.39 is 0 Å². The van der Waals surface area contributed by atoms with Gasteiger partial charge in [0.15, 0.2) is 0 Å². The Balaban J connectivity index is 1.74. The second kappa shape index (κ2) is 11.7. The Kier molecular flexibility index (Phi) is 9.05. The number of hydrogen-bond acceptors (Lipinski definition) is 3. The molecule has 0 aromatic heterocycles. The van der Waals surface area contributed by atoms with Crippen molar-refractivity contribution in [2.75, 3.05) is 0 Å². The van der Waals surface area contributed by atoms with Crippen molar-refractivity contribution in [2.24, 2.45) is 0 Å². The molecule has 0 fully saturated rings. The summed E-state index contributed by atoms with van der Waals surface area (Å²) in [5.74, 6) is 0.932. The van der Waals surface area contributed by atoms with Crippen LogP contribution in [0, 0.1) is 6.92 Å². The van der Waals surface area contributed by atoms with Crippen LogP contribution in [0.3, 0.4) is 0 Å². The Morgan fingerprint density at radius 2 is 1.42 bits per heavy atom. The Morgan fingerprint density at radius 1 is 0.839 bits per heavy atom. The Hall–Kier alpha value is -1.76. The average Bonchev–Trinajstić information content (AvgIpc) is 2.77. The van der Waals surface area contributed by atoms with Crippen molar-refractivity contribution in [2.45, 2.75) is 52.2 Å². The number of para-hydroxylation sites is 1. The van der Waals surface area contributed by atoms with E-state index in [-0.39, 0.29) is 14.1 Å². The highest BCUT2D eigenvalue weighted by Crippen LogP contribution is 2.41. The lowest BCUT2D eigenvalue weighted by atomic mass is 9.96. The first-order chi connectivity index (χ1) is 15.1. The van der Waals surface area contributed by atoms with E-state index >= 15 is 0 Å². The standard InChI is InChI=1S/C26H32O3P2/c1-4-17-26(3,29-25-16-10-5-11-20(25)2)31-28-19-22-13-7-9-15-24(22)23-14-8-6-12-21(23)18-27-30/h5-16,31H,4,17-19,30H2,1-3H3. The van der Waals surface area contributed by atoms with Crippen LogP contribution in [0.15, 0.2) is 72.8 Å². The molecule has 0 N–H and O–H groups in total. The van der Waals surface area contributed by atoms with Crippen molar-refractivity contribution < 1.29 is 13.8 Å². The van der Waals surface area contributed by atoms with Gasteiger partial charge in [-0.15, -0.1) is 0 Å². The summed E-state index contributed by atoms with van der Waals surface area (Å²) >= 11 is 0. The number of hydrogen-bond donors (Lipinski definition) is 0. The molecule has 0 radical (unpaired) electrons. The third kappa shape index (κ3) is 6.61. The zero-order chi connectivity index (χ0) is 22.1. The van der Waals surface area contributed by atoms with Crippen LogP contribution in [0.2, 0.25) is 0 Å². The highest BCUT2D eigenvalue weighted by molar-refractivity contribution is 7.34. The first-order valence-corrected chi connectivity index (χ1v) is 12.1. The summed E-state index contributed by atoms with van der Waals surface area (Å²) in [5, 5.41) is -0.346. The van der Waals surface area contributed by atoms with Crippen molar-refractivity contribution >= 4 is 18.3 Å². The summed E-state index contributed by atoms with van der Waals surface area (Å²) in [4.78, 5) is 0. The van der Waals surface area contributed by atoms with E-state index in [9.17, 15) is 0 Å². The van der Waals surface area contributed by atoms with Gasteiger partial charge in [0.25, 0.3) is 0 Å². The highest BCUT2D eigenvalue weighted by Gasteiger charge is 2.27. The van der Waals surface area contributed by atoms with Gasteiger partial charge in [0, 0.05) is 9.47 Å². The third-order valence-corrected chi connectivity index (χ3v) is 6.47. The molecule has 0 aliphatic carbocycles. The minimum absolute atomic E-state index is 0.232. The van der Waals surface area contributed by atoms with Gasteiger partial charge in [-0.1, -0.05) is 80.1 Å². The topological polar surface area (TPSA) is 27.7 Å². The van der Waals surface area contributed by atoms with Gasteiger partial charge < -0.3 is 13.8 Å². The fraction of sp³-hybridized carbons (Fsp3) is 0.308. The van der Waals surface area contributed by atoms with Crippen LogP contribution in [0.25, 0.3) is 11.1 Å². The van der Waals surface area contributed by atoms with Gasteiger partial charge in [-0.05, 0) is 54.2 Å². The first-order valence-electron chi connectivity index (χ1n) is 10.7. The summed E-state index contributed by atoms with van der Waals surface area (Å²) in [5.41, 5.74) is 5.84. The normalized spacial score (nSPS) is 13.4. The molecule has 3 aromatic carbocycles. The van der Waals surface area contributed by atoms with Crippen LogP contribution in [0.5, 0.6) is 5.75 Å². The monoisotopic (exact) mass is 454 g/mol. The fourth-order valence-corrected chi connectivity index (χ4v) is 4.90. The van der Waals surface area contributed by atoms with E-state index in [1.54, 1.807) is 0 Å². The second-order valence-electron chi connectivity index (χ2n) is 7.86. The molecule has 3 aromatic rings. The maximum Gasteiger partial charge on any atom is 0.146 e. The van der Waals surface area contributed by atoms with Crippen molar-refractivity contribution in [3.63, 3.8) is 0 Å². The second-order valence-corrected chi connectivity index (χ2v) is 9.75. The SMILES string of the molecule is CCCC(C)(Oc1ccccc1C)POCc1ccccc1-c1ccccc1COP. The van der Waals surface area contributed by atoms with Gasteiger partial charge in [-0.2, -0.15) is 0 Å². The molecule has 31 heavy (non-hydrogen) atoms. The summed E-state index contributed by atoms with van der Waals surface area (Å²) in [6.45, 7) is 7.51. The van der Waals surface area contributed by atoms with Gasteiger partial charge in [0.05, 0.1) is 22.0 Å². The lowest BCUT2D eigenvalue weighted by molar-refractivity contribution is 0.152. The summed E-state index contributed by atoms with van der Waals surface area (Å²) in [7, 11) is 2.57. The van der Waals surface area contributed by atoms with E-state index in [1.165, 1.54) is 16.7 Å². The molecule has 3 rings (SSSR count). The lowest BCUT2D eigenvalue weighted by Gasteiger charge is -2.31. The highest BCUT2D eigenvalue weighted by atomic mass is 31.1. The zero-order valence-electron chi connectivity index (χ0n) is 18.6. The molecule has 0 bridgehead atoms. The van der Waals surface area contributed by atoms with E-state index in [1.807, 2.05) is 24.3 Å². The molecule has 3 atom stereocenters. The first kappa shape index (κ1) is 23.9. The van der Waals surface area contributed by atoms with Gasteiger partial charge in [-0.3, -0.25) is 0 Å². The fourth-order valence-electron chi connectivity index (χ4n) is 3.69. The molecule has 0 aliphatic heterocycles. The van der Waals surface area contributed by atoms with Crippen LogP contribution in [0.4, 0.5) is 0 Å². The van der Waals surface area contributed by atoms with Crippen LogP contribution in [0.1, 0.15) is 43.4 Å². The average molecular weight is 454 g/mol. The molecular weight excluding hydrogens is 422 g/mol. The van der Waals surface area contributed by atoms with Crippen LogP contribution < -0.4 is 4.74 Å². The summed E-state index contributed by atoms with van der Waals surface area (Å²) < 4.78 is 18.0. The van der Waals surface area contributed by atoms with Crippen molar-refractivity contribution in [3.05, 3.63) is 89.5 Å². The molecule has 0 spiro atoms. The molecule has 164 valence electrons. The lowest BCUT2D eigenvalue weighted by Crippen LogP contribution is -2.27. The van der Waals surface area contributed by atoms with Crippen molar-refractivity contribution in [1.29, 1.82) is 0 Å². The quantitative estimate of drug-likeness (QED) is 0.278. The van der Waals surface area contributed by atoms with Gasteiger partial charge >= 0.3 is 0 Å². The van der Waals surface area contributed by atoms with Gasteiger partial charge in [-0.25, -0.2) is 0 Å². The minimum Gasteiger partial charge on any atom is -0.481 e. The van der Waals surface area contributed by atoms with Crippen molar-refractivity contribution in [3.8, 4) is 16.9 Å². The largest absolute Gasteiger partial charge is 0.481 e. The third-order valence-electron chi connectivity index (χ3n) is 5.24. The maximum absolute atomic E-state index is 6.45. The molecule has 0 heterocycles. The van der Waals surface area contributed by atoms with E-state index in [2.05, 4.69) is 78.8 Å². The van der Waals surface area contributed by atoms with E-state index in [0.29, 0.717) is 13.2 Å². The molecule has 0 saturated heterocycles. The number of rotatable bonds is 11. The summed E-state index contributed by atoms with van der Waals surface area (Å²) in [6.07, 6.45) is 1.98. The van der Waals surface area contributed by atoms with Crippen molar-refractivity contribution in [1.82, 2.24) is 0 Å². The predicted octanol–water partition coefficient (Wildman–Crippen LogP) is 7.67. The van der Waals surface area contributed by atoms with E-state index in [0.717, 1.165) is 29.7 Å². The molecule has 0 saturated carbocycles. The van der Waals surface area contributed by atoms with Crippen LogP contribution >= 0.6 is 18.3 Å². The Labute approximate surface area is 190 Å². The number of aryl methyl sites for hydroxylation is 1. The predicted molar refractivity (Wildman–Crippen MR) is 135 cm³/mol. The molecule has 5 heteroatoms. The maximum atomic E-state index is 6.45.